The summed E-state index contributed by atoms with van der Waals surface area (Å²) >= 11 is 0. The number of aliphatic carboxylic acids is 1. The van der Waals surface area contributed by atoms with E-state index in [1.54, 1.807) is 19.1 Å². The van der Waals surface area contributed by atoms with Crippen molar-refractivity contribution in [3.63, 3.8) is 0 Å². The molecule has 12 heavy (non-hydrogen) atoms. The SMILES string of the molecule is C[C@@H](C(=O)[O-])c1ccc(O)cc1. The van der Waals surface area contributed by atoms with Crippen molar-refractivity contribution in [2.24, 2.45) is 0 Å². The number of hydrogen-bond acceptors (Lipinski definition) is 3. The van der Waals surface area contributed by atoms with E-state index in [0.717, 1.165) is 0 Å². The highest BCUT2D eigenvalue weighted by atomic mass is 16.4. The molecule has 0 heterocycles. The lowest BCUT2D eigenvalue weighted by molar-refractivity contribution is -0.307. The number of rotatable bonds is 2. The molecule has 1 N–H and O–H groups in total. The van der Waals surface area contributed by atoms with Gasteiger partial charge in [0.05, 0.1) is 0 Å². The Hall–Kier alpha value is -1.51. The fourth-order valence-electron chi connectivity index (χ4n) is 0.899. The third-order valence-electron chi connectivity index (χ3n) is 1.75. The van der Waals surface area contributed by atoms with Crippen molar-refractivity contribution in [1.82, 2.24) is 0 Å². The number of carbonyl (C=O) groups excluding carboxylic acids is 1. The zero-order valence-electron chi connectivity index (χ0n) is 6.65. The van der Waals surface area contributed by atoms with Crippen LogP contribution < -0.4 is 5.11 Å². The molecule has 0 radical (unpaired) electrons. The molecular weight excluding hydrogens is 156 g/mol. The smallest absolute Gasteiger partial charge is 0.115 e. The van der Waals surface area contributed by atoms with Crippen LogP contribution in [0, 0.1) is 0 Å². The Morgan fingerprint density at radius 1 is 1.42 bits per heavy atom. The highest BCUT2D eigenvalue weighted by Gasteiger charge is 2.04. The van der Waals surface area contributed by atoms with Crippen LogP contribution in [0.4, 0.5) is 0 Å². The predicted octanol–water partition coefficient (Wildman–Crippen LogP) is 0.246. The molecule has 0 spiro atoms. The third kappa shape index (κ3) is 1.75. The van der Waals surface area contributed by atoms with Gasteiger partial charge in [0, 0.05) is 11.9 Å². The van der Waals surface area contributed by atoms with Crippen molar-refractivity contribution < 1.29 is 15.0 Å². The fourth-order valence-corrected chi connectivity index (χ4v) is 0.899. The summed E-state index contributed by atoms with van der Waals surface area (Å²) in [5, 5.41) is 19.3. The highest BCUT2D eigenvalue weighted by molar-refractivity contribution is 5.73. The minimum Gasteiger partial charge on any atom is -0.550 e. The first kappa shape index (κ1) is 8.59. The van der Waals surface area contributed by atoms with E-state index in [9.17, 15) is 9.90 Å². The number of hydrogen-bond donors (Lipinski definition) is 1. The van der Waals surface area contributed by atoms with E-state index in [1.165, 1.54) is 12.1 Å². The molecule has 0 aromatic heterocycles. The van der Waals surface area contributed by atoms with Crippen molar-refractivity contribution in [2.45, 2.75) is 12.8 Å². The van der Waals surface area contributed by atoms with Crippen LogP contribution >= 0.6 is 0 Å². The van der Waals surface area contributed by atoms with E-state index >= 15 is 0 Å². The molecule has 3 heteroatoms. The Bertz CT molecular complexity index is 276. The Labute approximate surface area is 70.3 Å². The highest BCUT2D eigenvalue weighted by Crippen LogP contribution is 2.17. The lowest BCUT2D eigenvalue weighted by atomic mass is 10.0. The maximum atomic E-state index is 10.4. The van der Waals surface area contributed by atoms with Gasteiger partial charge >= 0.3 is 0 Å². The second-order valence-corrected chi connectivity index (χ2v) is 2.63. The van der Waals surface area contributed by atoms with E-state index in [4.69, 9.17) is 5.11 Å². The summed E-state index contributed by atoms with van der Waals surface area (Å²) in [6.07, 6.45) is 0. The zero-order chi connectivity index (χ0) is 9.14. The lowest BCUT2D eigenvalue weighted by Crippen LogP contribution is -2.27. The standard InChI is InChI=1S/C9H10O3/c1-6(9(11)12)7-2-4-8(10)5-3-7/h2-6,10H,1H3,(H,11,12)/p-1/t6-/m1/s1. The van der Waals surface area contributed by atoms with Crippen LogP contribution in [-0.4, -0.2) is 11.1 Å². The van der Waals surface area contributed by atoms with E-state index in [1.807, 2.05) is 0 Å². The minimum atomic E-state index is -1.11. The molecule has 64 valence electrons. The second-order valence-electron chi connectivity index (χ2n) is 2.63. The first-order chi connectivity index (χ1) is 5.61. The van der Waals surface area contributed by atoms with Gasteiger partial charge in [0.1, 0.15) is 5.75 Å². The van der Waals surface area contributed by atoms with Crippen LogP contribution in [0.15, 0.2) is 24.3 Å². The molecule has 0 amide bonds. The first-order valence-electron chi connectivity index (χ1n) is 3.61. The summed E-state index contributed by atoms with van der Waals surface area (Å²) in [6, 6.07) is 6.04. The van der Waals surface area contributed by atoms with Crippen LogP contribution in [0.5, 0.6) is 5.75 Å². The van der Waals surface area contributed by atoms with Gasteiger partial charge in [-0.15, -0.1) is 0 Å². The number of carboxylic acids is 1. The summed E-state index contributed by atoms with van der Waals surface area (Å²) in [5.41, 5.74) is 0.632. The fraction of sp³-hybridized carbons (Fsp3) is 0.222. The van der Waals surface area contributed by atoms with Gasteiger partial charge in [0.15, 0.2) is 0 Å². The average molecular weight is 165 g/mol. The van der Waals surface area contributed by atoms with E-state index < -0.39 is 11.9 Å². The monoisotopic (exact) mass is 165 g/mol. The first-order valence-corrected chi connectivity index (χ1v) is 3.61. The molecule has 0 fully saturated rings. The molecule has 0 aliphatic heterocycles. The van der Waals surface area contributed by atoms with Crippen LogP contribution in [0.1, 0.15) is 18.4 Å². The summed E-state index contributed by atoms with van der Waals surface area (Å²) in [7, 11) is 0. The van der Waals surface area contributed by atoms with E-state index in [0.29, 0.717) is 5.56 Å². The second kappa shape index (κ2) is 3.26. The van der Waals surface area contributed by atoms with Crippen molar-refractivity contribution in [3.8, 4) is 5.75 Å². The molecule has 1 rings (SSSR count). The number of aromatic hydroxyl groups is 1. The topological polar surface area (TPSA) is 60.4 Å². The molecular formula is C9H9O3-. The van der Waals surface area contributed by atoms with Gasteiger partial charge < -0.3 is 15.0 Å². The summed E-state index contributed by atoms with van der Waals surface area (Å²) < 4.78 is 0. The lowest BCUT2D eigenvalue weighted by Gasteiger charge is -2.12. The Morgan fingerprint density at radius 2 is 1.92 bits per heavy atom. The largest absolute Gasteiger partial charge is 0.550 e. The Morgan fingerprint density at radius 3 is 2.33 bits per heavy atom. The van der Waals surface area contributed by atoms with Gasteiger partial charge in [0.25, 0.3) is 0 Å². The van der Waals surface area contributed by atoms with Gasteiger partial charge in [-0.1, -0.05) is 19.1 Å². The maximum absolute atomic E-state index is 10.4. The van der Waals surface area contributed by atoms with Crippen molar-refractivity contribution in [3.05, 3.63) is 29.8 Å². The van der Waals surface area contributed by atoms with Crippen LogP contribution in [0.25, 0.3) is 0 Å². The van der Waals surface area contributed by atoms with Crippen molar-refractivity contribution >= 4 is 5.97 Å². The van der Waals surface area contributed by atoms with Crippen LogP contribution in [-0.2, 0) is 4.79 Å². The molecule has 0 saturated carbocycles. The molecule has 0 aliphatic rings. The molecule has 0 aliphatic carbocycles. The zero-order valence-corrected chi connectivity index (χ0v) is 6.65. The molecule has 3 nitrogen and oxygen atoms in total. The number of carboxylic acid groups (broad SMARTS) is 1. The molecule has 0 saturated heterocycles. The minimum absolute atomic E-state index is 0.129. The molecule has 0 unspecified atom stereocenters. The van der Waals surface area contributed by atoms with Gasteiger partial charge in [-0.2, -0.15) is 0 Å². The average Bonchev–Trinajstić information content (AvgIpc) is 2.04. The van der Waals surface area contributed by atoms with Crippen molar-refractivity contribution in [1.29, 1.82) is 0 Å². The summed E-state index contributed by atoms with van der Waals surface area (Å²) in [6.45, 7) is 1.54. The molecule has 1 aromatic rings. The van der Waals surface area contributed by atoms with Crippen molar-refractivity contribution in [2.75, 3.05) is 0 Å². The van der Waals surface area contributed by atoms with Gasteiger partial charge in [0.2, 0.25) is 0 Å². The number of carbonyl (C=O) groups is 1. The van der Waals surface area contributed by atoms with Gasteiger partial charge in [-0.25, -0.2) is 0 Å². The van der Waals surface area contributed by atoms with Crippen LogP contribution in [0.2, 0.25) is 0 Å². The van der Waals surface area contributed by atoms with Gasteiger partial charge in [-0.3, -0.25) is 0 Å². The molecule has 1 atom stereocenters. The third-order valence-corrected chi connectivity index (χ3v) is 1.75. The number of phenolic OH excluding ortho intramolecular Hbond substituents is 1. The normalized spacial score (nSPS) is 12.4. The Balaban J connectivity index is 2.89. The van der Waals surface area contributed by atoms with Crippen LogP contribution in [0.3, 0.4) is 0 Å². The molecule has 1 aromatic carbocycles. The number of phenols is 1. The Kier molecular flexibility index (Phi) is 2.33. The quantitative estimate of drug-likeness (QED) is 0.683. The summed E-state index contributed by atoms with van der Waals surface area (Å²) in [5.74, 6) is -1.62. The van der Waals surface area contributed by atoms with E-state index in [-0.39, 0.29) is 5.75 Å². The maximum Gasteiger partial charge on any atom is 0.115 e. The number of benzene rings is 1. The van der Waals surface area contributed by atoms with E-state index in [2.05, 4.69) is 0 Å². The predicted molar refractivity (Wildman–Crippen MR) is 41.5 cm³/mol. The molecule has 0 bridgehead atoms. The summed E-state index contributed by atoms with van der Waals surface area (Å²) in [4.78, 5) is 10.4. The van der Waals surface area contributed by atoms with Gasteiger partial charge in [-0.05, 0) is 17.7 Å².